The highest BCUT2D eigenvalue weighted by Crippen LogP contribution is 2.05. The predicted octanol–water partition coefficient (Wildman–Crippen LogP) is 0.972. The minimum absolute atomic E-state index is 0.0234. The molecule has 2 N–H and O–H groups in total. The molecule has 1 atom stereocenters. The fraction of sp³-hybridized carbons (Fsp3) is 0.444. The molecule has 3 nitrogen and oxygen atoms in total. The van der Waals surface area contributed by atoms with E-state index in [2.05, 4.69) is 16.0 Å². The first-order valence-electron chi connectivity index (χ1n) is 4.20. The van der Waals surface area contributed by atoms with Crippen LogP contribution in [0.4, 0.5) is 0 Å². The van der Waals surface area contributed by atoms with Crippen molar-refractivity contribution in [3.8, 4) is 0 Å². The average Bonchev–Trinajstić information content (AvgIpc) is 2.65. The molecule has 0 saturated heterocycles. The maximum Gasteiger partial charge on any atom is 0.236 e. The van der Waals surface area contributed by atoms with Crippen LogP contribution in [-0.4, -0.2) is 19.0 Å². The van der Waals surface area contributed by atoms with Gasteiger partial charge in [0, 0.05) is 13.6 Å². The monoisotopic (exact) mass is 198 g/mol. The molecule has 72 valence electrons. The molecular weight excluding hydrogens is 184 g/mol. The summed E-state index contributed by atoms with van der Waals surface area (Å²) >= 11 is 1.66. The third-order valence-electron chi connectivity index (χ3n) is 1.83. The van der Waals surface area contributed by atoms with Gasteiger partial charge in [-0.2, -0.15) is 11.3 Å². The van der Waals surface area contributed by atoms with Gasteiger partial charge < -0.3 is 10.6 Å². The van der Waals surface area contributed by atoms with Crippen molar-refractivity contribution < 1.29 is 4.79 Å². The van der Waals surface area contributed by atoms with E-state index in [1.165, 1.54) is 5.56 Å². The van der Waals surface area contributed by atoms with Gasteiger partial charge in [-0.05, 0) is 29.3 Å². The van der Waals surface area contributed by atoms with Crippen LogP contribution in [0, 0.1) is 0 Å². The number of nitrogens with one attached hydrogen (secondary N) is 2. The molecule has 0 bridgehead atoms. The van der Waals surface area contributed by atoms with Gasteiger partial charge in [0.15, 0.2) is 0 Å². The third kappa shape index (κ3) is 3.16. The molecule has 13 heavy (non-hydrogen) atoms. The Bertz CT molecular complexity index is 259. The first-order chi connectivity index (χ1) is 6.24. The fourth-order valence-corrected chi connectivity index (χ4v) is 1.64. The lowest BCUT2D eigenvalue weighted by atomic mass is 10.3. The van der Waals surface area contributed by atoms with Gasteiger partial charge in [-0.25, -0.2) is 0 Å². The Hall–Kier alpha value is -0.870. The lowest BCUT2D eigenvalue weighted by Crippen LogP contribution is -2.40. The van der Waals surface area contributed by atoms with E-state index in [0.717, 1.165) is 6.54 Å². The van der Waals surface area contributed by atoms with Crippen LogP contribution >= 0.6 is 11.3 Å². The summed E-state index contributed by atoms with van der Waals surface area (Å²) in [6.45, 7) is 2.60. The highest BCUT2D eigenvalue weighted by molar-refractivity contribution is 7.07. The molecule has 0 fully saturated rings. The fourth-order valence-electron chi connectivity index (χ4n) is 0.973. The van der Waals surface area contributed by atoms with Crippen LogP contribution in [0.2, 0.25) is 0 Å². The number of likely N-dealkylation sites (N-methyl/N-ethyl adjacent to an activating group) is 1. The van der Waals surface area contributed by atoms with E-state index in [4.69, 9.17) is 0 Å². The van der Waals surface area contributed by atoms with E-state index in [-0.39, 0.29) is 11.9 Å². The molecule has 1 amide bonds. The molecule has 0 aromatic carbocycles. The Morgan fingerprint density at radius 1 is 1.69 bits per heavy atom. The maximum absolute atomic E-state index is 11.1. The maximum atomic E-state index is 11.1. The zero-order chi connectivity index (χ0) is 9.68. The molecule has 1 unspecified atom stereocenters. The van der Waals surface area contributed by atoms with Gasteiger partial charge in [-0.1, -0.05) is 0 Å². The van der Waals surface area contributed by atoms with E-state index >= 15 is 0 Å². The molecule has 1 heterocycles. The Labute approximate surface area is 82.2 Å². The molecule has 0 aliphatic rings. The molecule has 0 aliphatic carbocycles. The Balaban J connectivity index is 2.30. The normalized spacial score (nSPS) is 12.5. The topological polar surface area (TPSA) is 41.1 Å². The summed E-state index contributed by atoms with van der Waals surface area (Å²) in [7, 11) is 1.64. The Morgan fingerprint density at radius 2 is 2.46 bits per heavy atom. The smallest absolute Gasteiger partial charge is 0.236 e. The number of rotatable bonds is 4. The number of hydrogen-bond donors (Lipinski definition) is 2. The highest BCUT2D eigenvalue weighted by Gasteiger charge is 2.08. The number of hydrogen-bond acceptors (Lipinski definition) is 3. The van der Waals surface area contributed by atoms with E-state index in [9.17, 15) is 4.79 Å². The molecule has 0 aliphatic heterocycles. The van der Waals surface area contributed by atoms with Crippen LogP contribution in [0.1, 0.15) is 12.5 Å². The minimum Gasteiger partial charge on any atom is -0.358 e. The van der Waals surface area contributed by atoms with Gasteiger partial charge in [-0.15, -0.1) is 0 Å². The van der Waals surface area contributed by atoms with Gasteiger partial charge in [0.1, 0.15) is 0 Å². The van der Waals surface area contributed by atoms with Crippen molar-refractivity contribution in [1.29, 1.82) is 0 Å². The van der Waals surface area contributed by atoms with Crippen LogP contribution in [-0.2, 0) is 11.3 Å². The van der Waals surface area contributed by atoms with Gasteiger partial charge in [0.25, 0.3) is 0 Å². The molecule has 0 spiro atoms. The van der Waals surface area contributed by atoms with Gasteiger partial charge in [0.05, 0.1) is 6.04 Å². The van der Waals surface area contributed by atoms with Crippen molar-refractivity contribution in [2.75, 3.05) is 7.05 Å². The second-order valence-corrected chi connectivity index (χ2v) is 3.63. The molecule has 1 rings (SSSR count). The summed E-state index contributed by atoms with van der Waals surface area (Å²) in [5.41, 5.74) is 1.22. The lowest BCUT2D eigenvalue weighted by molar-refractivity contribution is -0.122. The summed E-state index contributed by atoms with van der Waals surface area (Å²) in [6.07, 6.45) is 0. The van der Waals surface area contributed by atoms with Gasteiger partial charge in [0.2, 0.25) is 5.91 Å². The van der Waals surface area contributed by atoms with Crippen LogP contribution in [0.15, 0.2) is 16.8 Å². The van der Waals surface area contributed by atoms with Crippen LogP contribution in [0.25, 0.3) is 0 Å². The molecule has 0 saturated carbocycles. The lowest BCUT2D eigenvalue weighted by Gasteiger charge is -2.10. The summed E-state index contributed by atoms with van der Waals surface area (Å²) in [6, 6.07) is 1.92. The molecule has 0 radical (unpaired) electrons. The van der Waals surface area contributed by atoms with Crippen LogP contribution in [0.3, 0.4) is 0 Å². The van der Waals surface area contributed by atoms with E-state index in [1.54, 1.807) is 18.4 Å². The zero-order valence-corrected chi connectivity index (χ0v) is 8.65. The second kappa shape index (κ2) is 4.99. The molecule has 1 aromatic heterocycles. The largest absolute Gasteiger partial charge is 0.358 e. The van der Waals surface area contributed by atoms with Crippen LogP contribution in [0.5, 0.6) is 0 Å². The number of carbonyl (C=O) groups excluding carboxylic acids is 1. The molecular formula is C9H14N2OS. The molecule has 1 aromatic rings. The SMILES string of the molecule is CNC(=O)C(C)NCc1ccsc1. The van der Waals surface area contributed by atoms with Crippen molar-refractivity contribution in [1.82, 2.24) is 10.6 Å². The highest BCUT2D eigenvalue weighted by atomic mass is 32.1. The van der Waals surface area contributed by atoms with Crippen molar-refractivity contribution in [3.63, 3.8) is 0 Å². The van der Waals surface area contributed by atoms with Crippen molar-refractivity contribution in [2.45, 2.75) is 19.5 Å². The predicted molar refractivity (Wildman–Crippen MR) is 54.7 cm³/mol. The summed E-state index contributed by atoms with van der Waals surface area (Å²) in [5.74, 6) is 0.0234. The van der Waals surface area contributed by atoms with Crippen molar-refractivity contribution >= 4 is 17.2 Å². The second-order valence-electron chi connectivity index (χ2n) is 2.85. The van der Waals surface area contributed by atoms with Crippen LogP contribution < -0.4 is 10.6 Å². The van der Waals surface area contributed by atoms with Crippen molar-refractivity contribution in [2.24, 2.45) is 0 Å². The van der Waals surface area contributed by atoms with E-state index < -0.39 is 0 Å². The quantitative estimate of drug-likeness (QED) is 0.757. The first-order valence-corrected chi connectivity index (χ1v) is 5.14. The average molecular weight is 198 g/mol. The first kappa shape index (κ1) is 10.2. The molecule has 4 heteroatoms. The van der Waals surface area contributed by atoms with E-state index in [1.807, 2.05) is 18.4 Å². The van der Waals surface area contributed by atoms with Crippen molar-refractivity contribution in [3.05, 3.63) is 22.4 Å². The van der Waals surface area contributed by atoms with E-state index in [0.29, 0.717) is 0 Å². The Morgan fingerprint density at radius 3 is 3.00 bits per heavy atom. The van der Waals surface area contributed by atoms with Gasteiger partial charge >= 0.3 is 0 Å². The number of carbonyl (C=O) groups is 1. The summed E-state index contributed by atoms with van der Waals surface area (Å²) in [5, 5.41) is 9.83. The zero-order valence-electron chi connectivity index (χ0n) is 7.83. The number of thiophene rings is 1. The minimum atomic E-state index is -0.134. The number of amides is 1. The Kier molecular flexibility index (Phi) is 3.92. The third-order valence-corrected chi connectivity index (χ3v) is 2.56. The standard InChI is InChI=1S/C9H14N2OS/c1-7(9(12)10-2)11-5-8-3-4-13-6-8/h3-4,6-7,11H,5H2,1-2H3,(H,10,12). The van der Waals surface area contributed by atoms with Gasteiger partial charge in [-0.3, -0.25) is 4.79 Å². The summed E-state index contributed by atoms with van der Waals surface area (Å²) in [4.78, 5) is 11.1. The summed E-state index contributed by atoms with van der Waals surface area (Å²) < 4.78 is 0.